The SMILES string of the molecule is COc1cc(/C=C(/C#N)C(=O)N[C@@H](C)c2ccccc2)cc(Br)c1OCc1ccc(I)cc1. The van der Waals surface area contributed by atoms with Crippen molar-refractivity contribution in [1.29, 1.82) is 5.26 Å². The van der Waals surface area contributed by atoms with Crippen LogP contribution in [-0.2, 0) is 11.4 Å². The molecule has 0 aromatic heterocycles. The molecule has 5 nitrogen and oxygen atoms in total. The maximum Gasteiger partial charge on any atom is 0.262 e. The van der Waals surface area contributed by atoms with Crippen molar-refractivity contribution >= 4 is 50.5 Å². The van der Waals surface area contributed by atoms with Crippen molar-refractivity contribution < 1.29 is 14.3 Å². The Kier molecular flexibility index (Phi) is 8.92. The van der Waals surface area contributed by atoms with Crippen LogP contribution in [0.3, 0.4) is 0 Å². The van der Waals surface area contributed by atoms with Gasteiger partial charge in [-0.3, -0.25) is 4.79 Å². The molecule has 3 aromatic carbocycles. The van der Waals surface area contributed by atoms with Gasteiger partial charge in [-0.05, 0) is 92.5 Å². The number of benzene rings is 3. The summed E-state index contributed by atoms with van der Waals surface area (Å²) in [6.07, 6.45) is 1.53. The maximum absolute atomic E-state index is 12.7. The van der Waals surface area contributed by atoms with Crippen LogP contribution >= 0.6 is 38.5 Å². The second kappa shape index (κ2) is 11.9. The number of methoxy groups -OCH3 is 1. The van der Waals surface area contributed by atoms with Crippen LogP contribution in [-0.4, -0.2) is 13.0 Å². The number of carbonyl (C=O) groups excluding carboxylic acids is 1. The normalized spacial score (nSPS) is 11.9. The molecular weight excluding hydrogens is 595 g/mol. The third-order valence-corrected chi connectivity index (χ3v) is 6.18. The van der Waals surface area contributed by atoms with Gasteiger partial charge < -0.3 is 14.8 Å². The summed E-state index contributed by atoms with van der Waals surface area (Å²) in [5.74, 6) is 0.605. The number of hydrogen-bond donors (Lipinski definition) is 1. The summed E-state index contributed by atoms with van der Waals surface area (Å²) in [5, 5.41) is 12.4. The fourth-order valence-corrected chi connectivity index (χ4v) is 4.05. The van der Waals surface area contributed by atoms with Gasteiger partial charge in [0.2, 0.25) is 0 Å². The quantitative estimate of drug-likeness (QED) is 0.180. The predicted octanol–water partition coefficient (Wildman–Crippen LogP) is 6.43. The van der Waals surface area contributed by atoms with Gasteiger partial charge in [-0.2, -0.15) is 5.26 Å². The van der Waals surface area contributed by atoms with Crippen LogP contribution < -0.4 is 14.8 Å². The molecule has 33 heavy (non-hydrogen) atoms. The van der Waals surface area contributed by atoms with Crippen LogP contribution in [0.15, 0.2) is 76.8 Å². The zero-order valence-corrected chi connectivity index (χ0v) is 21.9. The van der Waals surface area contributed by atoms with Crippen LogP contribution in [0, 0.1) is 14.9 Å². The Morgan fingerprint density at radius 3 is 2.52 bits per heavy atom. The molecule has 1 amide bonds. The Labute approximate surface area is 215 Å². The average Bonchev–Trinajstić information content (AvgIpc) is 2.83. The lowest BCUT2D eigenvalue weighted by molar-refractivity contribution is -0.117. The molecule has 0 heterocycles. The fourth-order valence-electron chi connectivity index (χ4n) is 3.11. The molecule has 0 radical (unpaired) electrons. The van der Waals surface area contributed by atoms with Gasteiger partial charge in [0.15, 0.2) is 11.5 Å². The highest BCUT2D eigenvalue weighted by Crippen LogP contribution is 2.37. The fraction of sp³-hybridized carbons (Fsp3) is 0.154. The zero-order valence-electron chi connectivity index (χ0n) is 18.1. The first-order valence-electron chi connectivity index (χ1n) is 10.1. The van der Waals surface area contributed by atoms with E-state index in [1.807, 2.05) is 67.6 Å². The predicted molar refractivity (Wildman–Crippen MR) is 141 cm³/mol. The molecule has 3 rings (SSSR count). The molecule has 0 aliphatic heterocycles. The molecule has 0 aliphatic carbocycles. The average molecular weight is 617 g/mol. The van der Waals surface area contributed by atoms with Gasteiger partial charge in [0.25, 0.3) is 5.91 Å². The van der Waals surface area contributed by atoms with Gasteiger partial charge in [-0.1, -0.05) is 42.5 Å². The minimum absolute atomic E-state index is 0.000656. The molecule has 0 saturated heterocycles. The van der Waals surface area contributed by atoms with Crippen molar-refractivity contribution in [2.24, 2.45) is 0 Å². The molecule has 1 atom stereocenters. The Balaban J connectivity index is 1.78. The molecule has 168 valence electrons. The van der Waals surface area contributed by atoms with E-state index in [9.17, 15) is 10.1 Å². The summed E-state index contributed by atoms with van der Waals surface area (Å²) in [7, 11) is 1.55. The van der Waals surface area contributed by atoms with Crippen molar-refractivity contribution in [2.45, 2.75) is 19.6 Å². The Bertz CT molecular complexity index is 1190. The number of nitriles is 1. The Morgan fingerprint density at radius 1 is 1.18 bits per heavy atom. The second-order valence-corrected chi connectivity index (χ2v) is 9.32. The minimum atomic E-state index is -0.442. The van der Waals surface area contributed by atoms with Crippen molar-refractivity contribution in [3.8, 4) is 17.6 Å². The van der Waals surface area contributed by atoms with Crippen LogP contribution in [0.4, 0.5) is 0 Å². The third kappa shape index (κ3) is 6.83. The molecule has 1 N–H and O–H groups in total. The number of halogens is 2. The van der Waals surface area contributed by atoms with Gasteiger partial charge in [0, 0.05) is 3.57 Å². The highest BCUT2D eigenvalue weighted by Gasteiger charge is 2.16. The number of carbonyl (C=O) groups is 1. The van der Waals surface area contributed by atoms with Crippen LogP contribution in [0.1, 0.15) is 29.7 Å². The number of rotatable bonds is 8. The Hall–Kier alpha value is -2.83. The molecule has 7 heteroatoms. The van der Waals surface area contributed by atoms with Crippen LogP contribution in [0.25, 0.3) is 6.08 Å². The van der Waals surface area contributed by atoms with E-state index in [4.69, 9.17) is 9.47 Å². The second-order valence-electron chi connectivity index (χ2n) is 7.22. The van der Waals surface area contributed by atoms with Gasteiger partial charge in [0.05, 0.1) is 17.6 Å². The number of nitrogens with zero attached hydrogens (tertiary/aromatic N) is 1. The van der Waals surface area contributed by atoms with Gasteiger partial charge in [-0.25, -0.2) is 0 Å². The van der Waals surface area contributed by atoms with Gasteiger partial charge in [0.1, 0.15) is 18.2 Å². The van der Waals surface area contributed by atoms with Gasteiger partial charge >= 0.3 is 0 Å². The van der Waals surface area contributed by atoms with Crippen molar-refractivity contribution in [3.05, 3.63) is 97.0 Å². The number of nitrogens with one attached hydrogen (secondary N) is 1. The first kappa shape index (κ1) is 24.8. The maximum atomic E-state index is 12.7. The van der Waals surface area contributed by atoms with Gasteiger partial charge in [-0.15, -0.1) is 0 Å². The molecule has 3 aromatic rings. The summed E-state index contributed by atoms with van der Waals surface area (Å²) in [6, 6.07) is 22.9. The topological polar surface area (TPSA) is 71.3 Å². The number of amides is 1. The lowest BCUT2D eigenvalue weighted by Gasteiger charge is -2.15. The summed E-state index contributed by atoms with van der Waals surface area (Å²) < 4.78 is 13.3. The van der Waals surface area contributed by atoms with E-state index in [2.05, 4.69) is 43.8 Å². The van der Waals surface area contributed by atoms with E-state index in [1.165, 1.54) is 6.08 Å². The molecule has 0 aliphatic rings. The standard InChI is InChI=1S/C26H22BrIN2O3/c1-17(20-6-4-3-5-7-20)30-26(31)21(15-29)12-19-13-23(27)25(24(14-19)32-2)33-16-18-8-10-22(28)11-9-18/h3-14,17H,16H2,1-2H3,(H,30,31)/b21-12-/t17-/m0/s1. The molecule has 0 unspecified atom stereocenters. The van der Waals surface area contributed by atoms with Crippen LogP contribution in [0.5, 0.6) is 11.5 Å². The molecule has 0 bridgehead atoms. The monoisotopic (exact) mass is 616 g/mol. The van der Waals surface area contributed by atoms with Crippen LogP contribution in [0.2, 0.25) is 0 Å². The van der Waals surface area contributed by atoms with E-state index < -0.39 is 5.91 Å². The van der Waals surface area contributed by atoms with E-state index in [-0.39, 0.29) is 11.6 Å². The lowest BCUT2D eigenvalue weighted by atomic mass is 10.1. The van der Waals surface area contributed by atoms with E-state index >= 15 is 0 Å². The van der Waals surface area contributed by atoms with Crippen molar-refractivity contribution in [3.63, 3.8) is 0 Å². The summed E-state index contributed by atoms with van der Waals surface area (Å²) in [4.78, 5) is 12.7. The van der Waals surface area contributed by atoms with Crippen molar-refractivity contribution in [1.82, 2.24) is 5.32 Å². The van der Waals surface area contributed by atoms with E-state index in [1.54, 1.807) is 19.2 Å². The molecule has 0 saturated carbocycles. The highest BCUT2D eigenvalue weighted by molar-refractivity contribution is 14.1. The summed E-state index contributed by atoms with van der Waals surface area (Å²) in [6.45, 7) is 2.26. The summed E-state index contributed by atoms with van der Waals surface area (Å²) >= 11 is 5.78. The summed E-state index contributed by atoms with van der Waals surface area (Å²) in [5.41, 5.74) is 2.63. The largest absolute Gasteiger partial charge is 0.493 e. The van der Waals surface area contributed by atoms with E-state index in [0.717, 1.165) is 14.7 Å². The highest BCUT2D eigenvalue weighted by atomic mass is 127. The molecular formula is C26H22BrIN2O3. The zero-order chi connectivity index (χ0) is 23.8. The molecule has 0 spiro atoms. The lowest BCUT2D eigenvalue weighted by Crippen LogP contribution is -2.27. The first-order chi connectivity index (χ1) is 15.9. The number of ether oxygens (including phenoxy) is 2. The van der Waals surface area contributed by atoms with E-state index in [0.29, 0.717) is 28.1 Å². The molecule has 0 fully saturated rings. The third-order valence-electron chi connectivity index (χ3n) is 4.87. The van der Waals surface area contributed by atoms with Crippen molar-refractivity contribution in [2.75, 3.05) is 7.11 Å². The smallest absolute Gasteiger partial charge is 0.262 e. The number of hydrogen-bond acceptors (Lipinski definition) is 4. The Morgan fingerprint density at radius 2 is 1.88 bits per heavy atom. The minimum Gasteiger partial charge on any atom is -0.493 e. The first-order valence-corrected chi connectivity index (χ1v) is 12.0.